The molecule has 6 heteroatoms. The van der Waals surface area contributed by atoms with Crippen molar-refractivity contribution >= 4 is 21.6 Å². The van der Waals surface area contributed by atoms with Crippen LogP contribution in [-0.4, -0.2) is 27.9 Å². The molecule has 5 rings (SSSR count). The van der Waals surface area contributed by atoms with E-state index in [9.17, 15) is 4.79 Å². The van der Waals surface area contributed by atoms with Gasteiger partial charge in [0.15, 0.2) is 5.82 Å². The zero-order chi connectivity index (χ0) is 19.8. The summed E-state index contributed by atoms with van der Waals surface area (Å²) in [5.41, 5.74) is 3.94. The largest absolute Gasteiger partial charge is 0.368 e. The fourth-order valence-corrected chi connectivity index (χ4v) is 4.40. The number of para-hydroxylation sites is 1. The Morgan fingerprint density at radius 1 is 0.897 bits per heavy atom. The molecule has 1 saturated heterocycles. The molecule has 0 radical (unpaired) electrons. The summed E-state index contributed by atoms with van der Waals surface area (Å²) >= 11 is 3.57. The van der Waals surface area contributed by atoms with Crippen molar-refractivity contribution in [2.24, 2.45) is 0 Å². The second-order valence-corrected chi connectivity index (χ2v) is 7.94. The van der Waals surface area contributed by atoms with Gasteiger partial charge in [0, 0.05) is 18.7 Å². The molecule has 0 unspecified atom stereocenters. The lowest BCUT2D eigenvalue weighted by Gasteiger charge is -2.22. The van der Waals surface area contributed by atoms with E-state index in [4.69, 9.17) is 10.1 Å². The highest BCUT2D eigenvalue weighted by Gasteiger charge is 2.25. The molecule has 0 aromatic heterocycles. The third kappa shape index (κ3) is 3.23. The van der Waals surface area contributed by atoms with Crippen LogP contribution in [0, 0.1) is 0 Å². The van der Waals surface area contributed by atoms with Crippen molar-refractivity contribution in [2.75, 3.05) is 18.0 Å². The minimum absolute atomic E-state index is 0.0138. The van der Waals surface area contributed by atoms with Crippen molar-refractivity contribution in [2.45, 2.75) is 12.8 Å². The first-order chi connectivity index (χ1) is 14.2. The van der Waals surface area contributed by atoms with Crippen LogP contribution < -0.4 is 10.3 Å². The summed E-state index contributed by atoms with van der Waals surface area (Å²) in [4.78, 5) is 20.1. The SMILES string of the molecule is O=c1c(N2CCCC2)cc2nc(-c3ccccc3)nn(-c3ccccc3)c-2c1Br. The van der Waals surface area contributed by atoms with E-state index in [0.717, 1.165) is 42.9 Å². The van der Waals surface area contributed by atoms with Gasteiger partial charge in [-0.2, -0.15) is 0 Å². The summed E-state index contributed by atoms with van der Waals surface area (Å²) in [6.45, 7) is 1.81. The van der Waals surface area contributed by atoms with Crippen LogP contribution in [0.4, 0.5) is 5.69 Å². The third-order valence-corrected chi connectivity index (χ3v) is 6.00. The van der Waals surface area contributed by atoms with Gasteiger partial charge >= 0.3 is 0 Å². The topological polar surface area (TPSA) is 51.0 Å². The fourth-order valence-electron chi connectivity index (χ4n) is 3.82. The average Bonchev–Trinajstić information content (AvgIpc) is 3.31. The highest BCUT2D eigenvalue weighted by Crippen LogP contribution is 2.33. The lowest BCUT2D eigenvalue weighted by atomic mass is 10.1. The van der Waals surface area contributed by atoms with Gasteiger partial charge in [-0.15, -0.1) is 5.10 Å². The molecule has 29 heavy (non-hydrogen) atoms. The van der Waals surface area contributed by atoms with E-state index in [1.54, 1.807) is 0 Å². The first-order valence-electron chi connectivity index (χ1n) is 9.72. The molecule has 0 bridgehead atoms. The molecular weight excluding hydrogens is 428 g/mol. The molecule has 3 aliphatic rings. The molecule has 0 N–H and O–H groups in total. The monoisotopic (exact) mass is 446 g/mol. The normalized spacial score (nSPS) is 13.9. The molecule has 144 valence electrons. The highest BCUT2D eigenvalue weighted by molar-refractivity contribution is 9.10. The van der Waals surface area contributed by atoms with Crippen molar-refractivity contribution < 1.29 is 0 Å². The zero-order valence-corrected chi connectivity index (χ0v) is 17.3. The summed E-state index contributed by atoms with van der Waals surface area (Å²) < 4.78 is 2.31. The number of aromatic nitrogens is 3. The number of halogens is 1. The molecule has 1 aliphatic carbocycles. The summed E-state index contributed by atoms with van der Waals surface area (Å²) in [6, 6.07) is 21.7. The minimum atomic E-state index is -0.0138. The van der Waals surface area contributed by atoms with E-state index in [0.29, 0.717) is 21.7 Å². The molecule has 5 nitrogen and oxygen atoms in total. The fraction of sp³-hybridized carbons (Fsp3) is 0.174. The molecule has 0 atom stereocenters. The van der Waals surface area contributed by atoms with Crippen molar-refractivity contribution in [1.82, 2.24) is 14.8 Å². The predicted octanol–water partition coefficient (Wildman–Crippen LogP) is 4.76. The Hall–Kier alpha value is -2.99. The molecule has 0 amide bonds. The molecule has 1 fully saturated rings. The smallest absolute Gasteiger partial charge is 0.218 e. The number of hydrogen-bond acceptors (Lipinski definition) is 4. The van der Waals surface area contributed by atoms with E-state index in [-0.39, 0.29) is 5.43 Å². The third-order valence-electron chi connectivity index (χ3n) is 5.27. The lowest BCUT2D eigenvalue weighted by molar-refractivity contribution is 0.822. The first kappa shape index (κ1) is 18.1. The van der Waals surface area contributed by atoms with Gasteiger partial charge in [0.05, 0.1) is 21.5 Å². The standard InChI is InChI=1S/C23H19BrN4O/c24-20-21-18(15-19(22(20)29)27-13-7-8-14-27)25-23(16-9-3-1-4-10-16)26-28(21)17-11-5-2-6-12-17/h1-6,9-12,15H,7-8,13-14H2. The maximum absolute atomic E-state index is 13.2. The number of hydrogen-bond donors (Lipinski definition) is 0. The van der Waals surface area contributed by atoms with Crippen molar-refractivity contribution in [3.05, 3.63) is 81.4 Å². The molecule has 2 heterocycles. The summed E-state index contributed by atoms with van der Waals surface area (Å²) in [5.74, 6) is 0.625. The molecule has 2 aromatic rings. The quantitative estimate of drug-likeness (QED) is 0.455. The number of rotatable bonds is 3. The average molecular weight is 447 g/mol. The molecular formula is C23H19BrN4O. The van der Waals surface area contributed by atoms with Gasteiger partial charge in [0.25, 0.3) is 0 Å². The second-order valence-electron chi connectivity index (χ2n) is 7.15. The first-order valence-corrected chi connectivity index (χ1v) is 10.5. The zero-order valence-electron chi connectivity index (χ0n) is 15.8. The van der Waals surface area contributed by atoms with E-state index in [1.165, 1.54) is 0 Å². The number of anilines is 1. The van der Waals surface area contributed by atoms with Gasteiger partial charge in [-0.1, -0.05) is 48.5 Å². The predicted molar refractivity (Wildman–Crippen MR) is 119 cm³/mol. The van der Waals surface area contributed by atoms with Crippen LogP contribution in [0.1, 0.15) is 12.8 Å². The Morgan fingerprint density at radius 3 is 2.24 bits per heavy atom. The molecule has 2 aliphatic heterocycles. The Kier molecular flexibility index (Phi) is 4.64. The van der Waals surface area contributed by atoms with Gasteiger partial charge in [-0.05, 0) is 47.0 Å². The molecule has 2 aromatic carbocycles. The molecule has 0 saturated carbocycles. The van der Waals surface area contributed by atoms with Crippen molar-refractivity contribution in [3.8, 4) is 28.5 Å². The number of nitrogens with zero attached hydrogens (tertiary/aromatic N) is 4. The maximum atomic E-state index is 13.2. The van der Waals surface area contributed by atoms with Crippen LogP contribution in [0.5, 0.6) is 0 Å². The highest BCUT2D eigenvalue weighted by atomic mass is 79.9. The second kappa shape index (κ2) is 7.44. The lowest BCUT2D eigenvalue weighted by Crippen LogP contribution is -2.26. The van der Waals surface area contributed by atoms with Crippen LogP contribution in [0.15, 0.2) is 76.0 Å². The van der Waals surface area contributed by atoms with Crippen LogP contribution in [0.25, 0.3) is 28.5 Å². The van der Waals surface area contributed by atoms with Gasteiger partial charge in [0.2, 0.25) is 5.43 Å². The number of benzene rings is 3. The summed E-state index contributed by atoms with van der Waals surface area (Å²) in [7, 11) is 0. The van der Waals surface area contributed by atoms with E-state index < -0.39 is 0 Å². The molecule has 0 spiro atoms. The van der Waals surface area contributed by atoms with E-state index in [1.807, 2.05) is 71.4 Å². The van der Waals surface area contributed by atoms with E-state index >= 15 is 0 Å². The summed E-state index contributed by atoms with van der Waals surface area (Å²) in [6.07, 6.45) is 2.22. The summed E-state index contributed by atoms with van der Waals surface area (Å²) in [5, 5.41) is 4.79. The Morgan fingerprint density at radius 2 is 1.55 bits per heavy atom. The maximum Gasteiger partial charge on any atom is 0.218 e. The van der Waals surface area contributed by atoms with E-state index in [2.05, 4.69) is 20.8 Å². The Balaban J connectivity index is 1.82. The van der Waals surface area contributed by atoms with Gasteiger partial charge < -0.3 is 4.90 Å². The van der Waals surface area contributed by atoms with Gasteiger partial charge in [0.1, 0.15) is 5.69 Å². The van der Waals surface area contributed by atoms with Crippen molar-refractivity contribution in [1.29, 1.82) is 0 Å². The minimum Gasteiger partial charge on any atom is -0.368 e. The Bertz CT molecular complexity index is 1180. The van der Waals surface area contributed by atoms with Crippen LogP contribution in [0.3, 0.4) is 0 Å². The van der Waals surface area contributed by atoms with Crippen molar-refractivity contribution in [3.63, 3.8) is 0 Å². The van der Waals surface area contributed by atoms with Crippen LogP contribution in [-0.2, 0) is 0 Å². The van der Waals surface area contributed by atoms with Crippen LogP contribution >= 0.6 is 15.9 Å². The Labute approximate surface area is 177 Å². The number of fused-ring (bicyclic) bond motifs is 1. The van der Waals surface area contributed by atoms with Gasteiger partial charge in [-0.25, -0.2) is 9.67 Å². The van der Waals surface area contributed by atoms with Crippen LogP contribution in [0.2, 0.25) is 0 Å². The van der Waals surface area contributed by atoms with Gasteiger partial charge in [-0.3, -0.25) is 4.79 Å².